The molecule has 0 aliphatic carbocycles. The average molecular weight is 281 g/mol. The van der Waals surface area contributed by atoms with Crippen molar-refractivity contribution in [1.29, 1.82) is 0 Å². The topological polar surface area (TPSA) is 28.2 Å². The minimum Gasteiger partial charge on any atom is -0.314 e. The van der Waals surface area contributed by atoms with Gasteiger partial charge < -0.3 is 5.32 Å². The quantitative estimate of drug-likeness (QED) is 0.937. The predicted octanol–water partition coefficient (Wildman–Crippen LogP) is 2.69. The van der Waals surface area contributed by atoms with E-state index in [1.165, 1.54) is 11.1 Å². The maximum absolute atomic E-state index is 4.80. The molecule has 1 aliphatic heterocycles. The molecule has 1 N–H and O–H groups in total. The van der Waals surface area contributed by atoms with Gasteiger partial charge in [-0.25, -0.2) is 0 Å². The number of aromatic nitrogens is 1. The van der Waals surface area contributed by atoms with E-state index in [2.05, 4.69) is 66.5 Å². The summed E-state index contributed by atoms with van der Waals surface area (Å²) >= 11 is 0. The van der Waals surface area contributed by atoms with E-state index in [1.54, 1.807) is 0 Å². The second kappa shape index (κ2) is 6.37. The Bertz CT molecular complexity index is 603. The van der Waals surface area contributed by atoms with Gasteiger partial charge in [-0.2, -0.15) is 0 Å². The van der Waals surface area contributed by atoms with Gasteiger partial charge >= 0.3 is 0 Å². The van der Waals surface area contributed by atoms with E-state index >= 15 is 0 Å². The summed E-state index contributed by atoms with van der Waals surface area (Å²) in [5, 5.41) is 3.44. The van der Waals surface area contributed by atoms with E-state index in [9.17, 15) is 0 Å². The van der Waals surface area contributed by atoms with Gasteiger partial charge in [-0.3, -0.25) is 9.88 Å². The molecule has 0 radical (unpaired) electrons. The summed E-state index contributed by atoms with van der Waals surface area (Å²) in [6, 6.07) is 15.3. The van der Waals surface area contributed by atoms with Gasteiger partial charge in [0, 0.05) is 31.9 Å². The van der Waals surface area contributed by atoms with Crippen LogP contribution in [-0.2, 0) is 0 Å². The lowest BCUT2D eigenvalue weighted by Crippen LogP contribution is -2.45. The second-order valence-electron chi connectivity index (χ2n) is 5.75. The standard InChI is InChI=1S/C18H23N3/c1-14-6-3-4-8-16(14)18(21-12-10-19-11-13-21)17-9-5-7-15(2)20-17/h3-9,18-19H,10-13H2,1-2H3. The number of rotatable bonds is 3. The number of piperazine rings is 1. The summed E-state index contributed by atoms with van der Waals surface area (Å²) in [6.45, 7) is 8.49. The molecule has 1 aromatic carbocycles. The van der Waals surface area contributed by atoms with Gasteiger partial charge in [-0.1, -0.05) is 30.3 Å². The van der Waals surface area contributed by atoms with Crippen LogP contribution in [0.2, 0.25) is 0 Å². The van der Waals surface area contributed by atoms with Gasteiger partial charge in [0.05, 0.1) is 11.7 Å². The molecule has 0 bridgehead atoms. The monoisotopic (exact) mass is 281 g/mol. The molecule has 110 valence electrons. The van der Waals surface area contributed by atoms with E-state index in [4.69, 9.17) is 4.98 Å². The van der Waals surface area contributed by atoms with Crippen LogP contribution >= 0.6 is 0 Å². The molecule has 0 spiro atoms. The Hall–Kier alpha value is -1.71. The van der Waals surface area contributed by atoms with Crippen molar-refractivity contribution < 1.29 is 0 Å². The lowest BCUT2D eigenvalue weighted by atomic mass is 9.96. The molecule has 0 amide bonds. The molecule has 1 fully saturated rings. The van der Waals surface area contributed by atoms with E-state index < -0.39 is 0 Å². The van der Waals surface area contributed by atoms with E-state index in [0.29, 0.717) is 0 Å². The Morgan fingerprint density at radius 3 is 2.48 bits per heavy atom. The molecule has 2 heterocycles. The minimum absolute atomic E-state index is 0.258. The highest BCUT2D eigenvalue weighted by Gasteiger charge is 2.25. The lowest BCUT2D eigenvalue weighted by Gasteiger charge is -2.35. The van der Waals surface area contributed by atoms with Crippen molar-refractivity contribution in [2.24, 2.45) is 0 Å². The zero-order chi connectivity index (χ0) is 14.7. The third-order valence-corrected chi connectivity index (χ3v) is 4.19. The Morgan fingerprint density at radius 1 is 1.00 bits per heavy atom. The van der Waals surface area contributed by atoms with Crippen LogP contribution in [0.4, 0.5) is 0 Å². The molecule has 3 rings (SSSR count). The Balaban J connectivity index is 2.04. The number of hydrogen-bond acceptors (Lipinski definition) is 3. The van der Waals surface area contributed by atoms with Crippen LogP contribution in [0.25, 0.3) is 0 Å². The third-order valence-electron chi connectivity index (χ3n) is 4.19. The smallest absolute Gasteiger partial charge is 0.0779 e. The fourth-order valence-electron chi connectivity index (χ4n) is 3.09. The summed E-state index contributed by atoms with van der Waals surface area (Å²) < 4.78 is 0. The molecule has 1 unspecified atom stereocenters. The van der Waals surface area contributed by atoms with Crippen molar-refractivity contribution in [3.8, 4) is 0 Å². The Kier molecular flexibility index (Phi) is 4.32. The summed E-state index contributed by atoms with van der Waals surface area (Å²) in [6.07, 6.45) is 0. The first-order valence-corrected chi connectivity index (χ1v) is 7.69. The zero-order valence-corrected chi connectivity index (χ0v) is 12.8. The zero-order valence-electron chi connectivity index (χ0n) is 12.8. The van der Waals surface area contributed by atoms with Gasteiger partial charge in [0.2, 0.25) is 0 Å². The Labute approximate surface area is 127 Å². The van der Waals surface area contributed by atoms with Gasteiger partial charge in [0.25, 0.3) is 0 Å². The molecule has 1 atom stereocenters. The largest absolute Gasteiger partial charge is 0.314 e. The van der Waals surface area contributed by atoms with Crippen molar-refractivity contribution in [3.05, 3.63) is 65.0 Å². The van der Waals surface area contributed by atoms with Crippen molar-refractivity contribution in [2.75, 3.05) is 26.2 Å². The first-order chi connectivity index (χ1) is 10.3. The normalized spacial score (nSPS) is 17.6. The Morgan fingerprint density at radius 2 is 1.76 bits per heavy atom. The molecule has 3 nitrogen and oxygen atoms in total. The maximum atomic E-state index is 4.80. The average Bonchev–Trinajstić information content (AvgIpc) is 2.51. The molecular weight excluding hydrogens is 258 g/mol. The number of benzene rings is 1. The van der Waals surface area contributed by atoms with Crippen LogP contribution in [0, 0.1) is 13.8 Å². The van der Waals surface area contributed by atoms with Crippen LogP contribution in [0.15, 0.2) is 42.5 Å². The number of pyridine rings is 1. The fourth-order valence-corrected chi connectivity index (χ4v) is 3.09. The SMILES string of the molecule is Cc1cccc(C(c2ccccc2C)N2CCNCC2)n1. The van der Waals surface area contributed by atoms with Crippen molar-refractivity contribution in [3.63, 3.8) is 0 Å². The lowest BCUT2D eigenvalue weighted by molar-refractivity contribution is 0.195. The van der Waals surface area contributed by atoms with Crippen molar-refractivity contribution in [1.82, 2.24) is 15.2 Å². The van der Waals surface area contributed by atoms with Crippen molar-refractivity contribution in [2.45, 2.75) is 19.9 Å². The minimum atomic E-state index is 0.258. The first-order valence-electron chi connectivity index (χ1n) is 7.69. The number of nitrogens with one attached hydrogen (secondary N) is 1. The third kappa shape index (κ3) is 3.14. The van der Waals surface area contributed by atoms with Gasteiger partial charge in [-0.15, -0.1) is 0 Å². The molecule has 1 aromatic heterocycles. The number of hydrogen-bond donors (Lipinski definition) is 1. The first kappa shape index (κ1) is 14.2. The molecule has 21 heavy (non-hydrogen) atoms. The molecule has 1 aliphatic rings. The van der Waals surface area contributed by atoms with E-state index in [1.807, 2.05) is 0 Å². The maximum Gasteiger partial charge on any atom is 0.0779 e. The highest BCUT2D eigenvalue weighted by atomic mass is 15.2. The van der Waals surface area contributed by atoms with E-state index in [0.717, 1.165) is 37.6 Å². The second-order valence-corrected chi connectivity index (χ2v) is 5.75. The molecule has 3 heteroatoms. The number of aryl methyl sites for hydroxylation is 2. The van der Waals surface area contributed by atoms with E-state index in [-0.39, 0.29) is 6.04 Å². The predicted molar refractivity (Wildman–Crippen MR) is 86.4 cm³/mol. The van der Waals surface area contributed by atoms with Gasteiger partial charge in [0.1, 0.15) is 0 Å². The van der Waals surface area contributed by atoms with Crippen molar-refractivity contribution >= 4 is 0 Å². The van der Waals surface area contributed by atoms with Crippen LogP contribution in [0.1, 0.15) is 28.6 Å². The highest BCUT2D eigenvalue weighted by molar-refractivity contribution is 5.35. The summed E-state index contributed by atoms with van der Waals surface area (Å²) in [7, 11) is 0. The van der Waals surface area contributed by atoms with Crippen LogP contribution in [-0.4, -0.2) is 36.1 Å². The fraction of sp³-hybridized carbons (Fsp3) is 0.389. The van der Waals surface area contributed by atoms with Crippen LogP contribution in [0.3, 0.4) is 0 Å². The van der Waals surface area contributed by atoms with Crippen LogP contribution < -0.4 is 5.32 Å². The summed E-state index contributed by atoms with van der Waals surface area (Å²) in [4.78, 5) is 7.35. The number of nitrogens with zero attached hydrogens (tertiary/aromatic N) is 2. The van der Waals surface area contributed by atoms with Gasteiger partial charge in [-0.05, 0) is 37.1 Å². The molecule has 0 saturated carbocycles. The highest BCUT2D eigenvalue weighted by Crippen LogP contribution is 2.29. The molecule has 2 aromatic rings. The molecule has 1 saturated heterocycles. The molecular formula is C18H23N3. The van der Waals surface area contributed by atoms with Crippen LogP contribution in [0.5, 0.6) is 0 Å². The van der Waals surface area contributed by atoms with Gasteiger partial charge in [0.15, 0.2) is 0 Å². The summed E-state index contributed by atoms with van der Waals surface area (Å²) in [5.41, 5.74) is 4.95. The summed E-state index contributed by atoms with van der Waals surface area (Å²) in [5.74, 6) is 0.